The van der Waals surface area contributed by atoms with Crippen molar-refractivity contribution in [1.29, 1.82) is 0 Å². The van der Waals surface area contributed by atoms with E-state index in [1.54, 1.807) is 43.3 Å². The molecule has 0 spiro atoms. The van der Waals surface area contributed by atoms with Gasteiger partial charge >= 0.3 is 0 Å². The normalized spacial score (nSPS) is 10.1. The third-order valence-corrected chi connectivity index (χ3v) is 3.22. The number of carboxylic acids is 1. The van der Waals surface area contributed by atoms with Gasteiger partial charge in [0.05, 0.1) is 11.7 Å². The van der Waals surface area contributed by atoms with E-state index < -0.39 is 5.97 Å². The Morgan fingerprint density at radius 1 is 1.15 bits per heavy atom. The van der Waals surface area contributed by atoms with Crippen molar-refractivity contribution in [3.05, 3.63) is 63.6 Å². The zero-order valence-electron chi connectivity index (χ0n) is 10.6. The van der Waals surface area contributed by atoms with Crippen LogP contribution in [0.5, 0.6) is 0 Å². The summed E-state index contributed by atoms with van der Waals surface area (Å²) in [6.07, 6.45) is 0. The van der Waals surface area contributed by atoms with Gasteiger partial charge in [-0.05, 0) is 37.3 Å². The number of anilines is 1. The van der Waals surface area contributed by atoms with Gasteiger partial charge in [-0.1, -0.05) is 33.6 Å². The van der Waals surface area contributed by atoms with Gasteiger partial charge in [0.15, 0.2) is 0 Å². The molecule has 2 aromatic rings. The van der Waals surface area contributed by atoms with Crippen molar-refractivity contribution >= 4 is 33.5 Å². The van der Waals surface area contributed by atoms with Crippen LogP contribution in [0.3, 0.4) is 0 Å². The van der Waals surface area contributed by atoms with E-state index in [9.17, 15) is 14.7 Å². The molecule has 0 aliphatic carbocycles. The largest absolute Gasteiger partial charge is 0.545 e. The second kappa shape index (κ2) is 5.88. The molecule has 0 aromatic heterocycles. The van der Waals surface area contributed by atoms with E-state index in [2.05, 4.69) is 21.2 Å². The van der Waals surface area contributed by atoms with E-state index >= 15 is 0 Å². The predicted octanol–water partition coefficient (Wildman–Crippen LogP) is 2.37. The van der Waals surface area contributed by atoms with Crippen molar-refractivity contribution < 1.29 is 14.7 Å². The molecule has 0 fully saturated rings. The Balaban J connectivity index is 2.30. The van der Waals surface area contributed by atoms with Gasteiger partial charge in [-0.3, -0.25) is 4.79 Å². The Hall–Kier alpha value is -2.14. The van der Waals surface area contributed by atoms with E-state index in [1.807, 2.05) is 0 Å². The lowest BCUT2D eigenvalue weighted by molar-refractivity contribution is -0.254. The molecular weight excluding hydrogens is 322 g/mol. The minimum absolute atomic E-state index is 0.0339. The highest BCUT2D eigenvalue weighted by Crippen LogP contribution is 2.19. The quantitative estimate of drug-likeness (QED) is 0.938. The van der Waals surface area contributed by atoms with Crippen LogP contribution in [0.1, 0.15) is 26.3 Å². The van der Waals surface area contributed by atoms with Gasteiger partial charge in [0.2, 0.25) is 0 Å². The van der Waals surface area contributed by atoms with Crippen LogP contribution in [0.15, 0.2) is 46.9 Å². The van der Waals surface area contributed by atoms with Crippen molar-refractivity contribution in [2.24, 2.45) is 0 Å². The van der Waals surface area contributed by atoms with E-state index in [-0.39, 0.29) is 17.2 Å². The first-order valence-electron chi connectivity index (χ1n) is 5.86. The van der Waals surface area contributed by atoms with Crippen molar-refractivity contribution in [1.82, 2.24) is 0 Å². The molecule has 0 aliphatic heterocycles. The van der Waals surface area contributed by atoms with Crippen LogP contribution in [0.2, 0.25) is 0 Å². The molecule has 0 aliphatic rings. The van der Waals surface area contributed by atoms with Gasteiger partial charge in [-0.2, -0.15) is 0 Å². The van der Waals surface area contributed by atoms with Crippen molar-refractivity contribution in [2.45, 2.75) is 6.92 Å². The van der Waals surface area contributed by atoms with Crippen molar-refractivity contribution in [2.75, 3.05) is 5.32 Å². The summed E-state index contributed by atoms with van der Waals surface area (Å²) in [6.45, 7) is 1.77. The molecule has 102 valence electrons. The standard InChI is InChI=1S/C15H12BrNO3/c1-9-5-6-13(12(7-9)15(19)20)17-14(18)10-3-2-4-11(16)8-10/h2-8H,1H3,(H,17,18)(H,19,20)/p-1. The van der Waals surface area contributed by atoms with Crippen LogP contribution < -0.4 is 10.4 Å². The smallest absolute Gasteiger partial charge is 0.255 e. The third kappa shape index (κ3) is 3.24. The Morgan fingerprint density at radius 2 is 1.90 bits per heavy atom. The molecule has 2 rings (SSSR count). The number of aromatic carboxylic acids is 1. The summed E-state index contributed by atoms with van der Waals surface area (Å²) in [5.41, 5.74) is 1.41. The number of carboxylic acid groups (broad SMARTS) is 1. The molecule has 20 heavy (non-hydrogen) atoms. The van der Waals surface area contributed by atoms with Gasteiger partial charge in [0.25, 0.3) is 5.91 Å². The van der Waals surface area contributed by atoms with Gasteiger partial charge in [-0.25, -0.2) is 0 Å². The molecule has 1 N–H and O–H groups in total. The summed E-state index contributed by atoms with van der Waals surface area (Å²) in [5, 5.41) is 13.7. The minimum atomic E-state index is -1.32. The van der Waals surface area contributed by atoms with Crippen LogP contribution in [-0.4, -0.2) is 11.9 Å². The van der Waals surface area contributed by atoms with Crippen LogP contribution in [0.25, 0.3) is 0 Å². The monoisotopic (exact) mass is 332 g/mol. The first-order valence-corrected chi connectivity index (χ1v) is 6.65. The van der Waals surface area contributed by atoms with Gasteiger partial charge in [-0.15, -0.1) is 0 Å². The number of hydrogen-bond donors (Lipinski definition) is 1. The van der Waals surface area contributed by atoms with E-state index in [0.717, 1.165) is 10.0 Å². The molecule has 5 heteroatoms. The highest BCUT2D eigenvalue weighted by molar-refractivity contribution is 9.10. The van der Waals surface area contributed by atoms with Crippen LogP contribution in [0, 0.1) is 6.92 Å². The topological polar surface area (TPSA) is 69.2 Å². The lowest BCUT2D eigenvalue weighted by Gasteiger charge is -2.12. The maximum absolute atomic E-state index is 12.1. The number of hydrogen-bond acceptors (Lipinski definition) is 3. The first kappa shape index (κ1) is 14.3. The number of carbonyl (C=O) groups excluding carboxylic acids is 2. The number of amides is 1. The SMILES string of the molecule is Cc1ccc(NC(=O)c2cccc(Br)c2)c(C(=O)[O-])c1. The third-order valence-electron chi connectivity index (χ3n) is 2.73. The van der Waals surface area contributed by atoms with Gasteiger partial charge in [0.1, 0.15) is 0 Å². The van der Waals surface area contributed by atoms with Crippen molar-refractivity contribution in [3.63, 3.8) is 0 Å². The van der Waals surface area contributed by atoms with Crippen LogP contribution in [0.4, 0.5) is 5.69 Å². The summed E-state index contributed by atoms with van der Waals surface area (Å²) in [6, 6.07) is 11.6. The molecule has 0 saturated carbocycles. The molecule has 1 amide bonds. The summed E-state index contributed by atoms with van der Waals surface area (Å²) in [7, 11) is 0. The van der Waals surface area contributed by atoms with Crippen LogP contribution in [-0.2, 0) is 0 Å². The number of halogens is 1. The number of rotatable bonds is 3. The molecule has 2 aromatic carbocycles. The molecule has 0 bridgehead atoms. The first-order chi connectivity index (χ1) is 9.47. The number of nitrogens with one attached hydrogen (secondary N) is 1. The Kier molecular flexibility index (Phi) is 4.20. The summed E-state index contributed by atoms with van der Waals surface area (Å²) >= 11 is 3.28. The zero-order valence-corrected chi connectivity index (χ0v) is 12.2. The number of benzene rings is 2. The van der Waals surface area contributed by atoms with E-state index in [1.165, 1.54) is 6.07 Å². The number of carbonyl (C=O) groups is 2. The predicted molar refractivity (Wildman–Crippen MR) is 77.6 cm³/mol. The highest BCUT2D eigenvalue weighted by Gasteiger charge is 2.10. The maximum Gasteiger partial charge on any atom is 0.255 e. The fraction of sp³-hybridized carbons (Fsp3) is 0.0667. The summed E-state index contributed by atoms with van der Waals surface area (Å²) in [5.74, 6) is -1.70. The van der Waals surface area contributed by atoms with Gasteiger partial charge < -0.3 is 15.2 Å². The summed E-state index contributed by atoms with van der Waals surface area (Å²) in [4.78, 5) is 23.2. The fourth-order valence-electron chi connectivity index (χ4n) is 1.76. The summed E-state index contributed by atoms with van der Waals surface area (Å²) < 4.78 is 0.772. The Labute approximate surface area is 124 Å². The molecule has 0 unspecified atom stereocenters. The minimum Gasteiger partial charge on any atom is -0.545 e. The van der Waals surface area contributed by atoms with Crippen LogP contribution >= 0.6 is 15.9 Å². The van der Waals surface area contributed by atoms with Gasteiger partial charge in [0, 0.05) is 15.6 Å². The number of aryl methyl sites for hydroxylation is 1. The Bertz CT molecular complexity index is 683. The molecule has 4 nitrogen and oxygen atoms in total. The molecular formula is C15H11BrNO3-. The fourth-order valence-corrected chi connectivity index (χ4v) is 2.16. The lowest BCUT2D eigenvalue weighted by atomic mass is 10.1. The van der Waals surface area contributed by atoms with E-state index in [4.69, 9.17) is 0 Å². The molecule has 0 radical (unpaired) electrons. The molecule has 0 saturated heterocycles. The average molecular weight is 333 g/mol. The van der Waals surface area contributed by atoms with Crippen molar-refractivity contribution in [3.8, 4) is 0 Å². The zero-order chi connectivity index (χ0) is 14.7. The second-order valence-corrected chi connectivity index (χ2v) is 5.22. The average Bonchev–Trinajstić information content (AvgIpc) is 2.40. The highest BCUT2D eigenvalue weighted by atomic mass is 79.9. The molecule has 0 heterocycles. The lowest BCUT2D eigenvalue weighted by Crippen LogP contribution is -2.25. The molecule has 0 atom stereocenters. The van der Waals surface area contributed by atoms with E-state index in [0.29, 0.717) is 5.56 Å². The Morgan fingerprint density at radius 3 is 2.55 bits per heavy atom. The second-order valence-electron chi connectivity index (χ2n) is 4.30. The maximum atomic E-state index is 12.1.